The quantitative estimate of drug-likeness (QED) is 0.518. The Bertz CT molecular complexity index is 227. The van der Waals surface area contributed by atoms with Crippen molar-refractivity contribution < 1.29 is 4.79 Å². The smallest absolute Gasteiger partial charge is 0.247 e. The first-order valence-corrected chi connectivity index (χ1v) is 3.53. The van der Waals surface area contributed by atoms with Crippen LogP contribution in [0.5, 0.6) is 0 Å². The SMILES string of the molecule is O=C1NC[C@H]2CC=CC=C12. The standard InChI is InChI=1S/C8H9NO/c10-8-7-4-2-1-3-6(7)5-9-8/h1-2,4,6H,3,5H2,(H,9,10)/t6-/m1/s1. The van der Waals surface area contributed by atoms with Crippen LogP contribution in [-0.4, -0.2) is 12.5 Å². The maximum absolute atomic E-state index is 11.0. The Morgan fingerprint density at radius 3 is 3.30 bits per heavy atom. The van der Waals surface area contributed by atoms with Gasteiger partial charge in [-0.2, -0.15) is 0 Å². The van der Waals surface area contributed by atoms with Crippen LogP contribution >= 0.6 is 0 Å². The Morgan fingerprint density at radius 1 is 1.60 bits per heavy atom. The van der Waals surface area contributed by atoms with Gasteiger partial charge in [-0.05, 0) is 6.42 Å². The molecule has 0 aromatic carbocycles. The molecule has 2 heteroatoms. The van der Waals surface area contributed by atoms with E-state index in [2.05, 4.69) is 11.4 Å². The van der Waals surface area contributed by atoms with Gasteiger partial charge in [-0.3, -0.25) is 4.79 Å². The Labute approximate surface area is 59.6 Å². The van der Waals surface area contributed by atoms with E-state index in [1.165, 1.54) is 0 Å². The molecule has 0 aromatic heterocycles. The second-order valence-electron chi connectivity index (χ2n) is 2.69. The maximum Gasteiger partial charge on any atom is 0.247 e. The van der Waals surface area contributed by atoms with E-state index in [1.807, 2.05) is 12.2 Å². The van der Waals surface area contributed by atoms with E-state index in [1.54, 1.807) is 0 Å². The molecule has 0 unspecified atom stereocenters. The summed E-state index contributed by atoms with van der Waals surface area (Å²) in [6, 6.07) is 0. The molecular formula is C8H9NO. The highest BCUT2D eigenvalue weighted by Gasteiger charge is 2.27. The Kier molecular flexibility index (Phi) is 1.13. The summed E-state index contributed by atoms with van der Waals surface area (Å²) in [5, 5.41) is 2.81. The van der Waals surface area contributed by atoms with Gasteiger partial charge in [0.05, 0.1) is 0 Å². The predicted molar refractivity (Wildman–Crippen MR) is 38.3 cm³/mol. The number of carbonyl (C=O) groups is 1. The van der Waals surface area contributed by atoms with Gasteiger partial charge >= 0.3 is 0 Å². The first-order valence-electron chi connectivity index (χ1n) is 3.53. The molecule has 2 nitrogen and oxygen atoms in total. The van der Waals surface area contributed by atoms with Gasteiger partial charge in [-0.15, -0.1) is 0 Å². The van der Waals surface area contributed by atoms with Crippen LogP contribution in [0.3, 0.4) is 0 Å². The van der Waals surface area contributed by atoms with E-state index in [4.69, 9.17) is 0 Å². The van der Waals surface area contributed by atoms with Crippen molar-refractivity contribution in [2.24, 2.45) is 5.92 Å². The molecule has 0 bridgehead atoms. The third kappa shape index (κ3) is 0.685. The van der Waals surface area contributed by atoms with E-state index in [0.29, 0.717) is 5.92 Å². The molecule has 1 aliphatic carbocycles. The summed E-state index contributed by atoms with van der Waals surface area (Å²) in [6.45, 7) is 0.828. The fourth-order valence-corrected chi connectivity index (χ4v) is 1.45. The Morgan fingerprint density at radius 2 is 2.50 bits per heavy atom. The average Bonchev–Trinajstić information content (AvgIpc) is 2.34. The van der Waals surface area contributed by atoms with Crippen LogP contribution < -0.4 is 5.32 Å². The van der Waals surface area contributed by atoms with E-state index >= 15 is 0 Å². The molecule has 2 aliphatic rings. The van der Waals surface area contributed by atoms with Crippen LogP contribution in [0.1, 0.15) is 6.42 Å². The number of hydrogen-bond acceptors (Lipinski definition) is 1. The van der Waals surface area contributed by atoms with Gasteiger partial charge in [0, 0.05) is 18.0 Å². The summed E-state index contributed by atoms with van der Waals surface area (Å²) in [6.07, 6.45) is 6.99. The zero-order valence-corrected chi connectivity index (χ0v) is 5.63. The molecule has 1 atom stereocenters. The molecule has 1 heterocycles. The normalized spacial score (nSPS) is 29.4. The molecule has 10 heavy (non-hydrogen) atoms. The molecule has 52 valence electrons. The van der Waals surface area contributed by atoms with Crippen LogP contribution in [0.25, 0.3) is 0 Å². The van der Waals surface area contributed by atoms with Crippen LogP contribution in [0.15, 0.2) is 23.8 Å². The molecule has 0 radical (unpaired) electrons. The molecule has 1 fully saturated rings. The van der Waals surface area contributed by atoms with Gasteiger partial charge in [0.1, 0.15) is 0 Å². The highest BCUT2D eigenvalue weighted by atomic mass is 16.2. The van der Waals surface area contributed by atoms with Crippen molar-refractivity contribution >= 4 is 5.91 Å². The monoisotopic (exact) mass is 135 g/mol. The van der Waals surface area contributed by atoms with Crippen molar-refractivity contribution in [3.05, 3.63) is 23.8 Å². The van der Waals surface area contributed by atoms with Crippen LogP contribution in [0, 0.1) is 5.92 Å². The molecule has 0 aromatic rings. The van der Waals surface area contributed by atoms with Crippen molar-refractivity contribution in [1.82, 2.24) is 5.32 Å². The van der Waals surface area contributed by atoms with Gasteiger partial charge in [-0.25, -0.2) is 0 Å². The first-order chi connectivity index (χ1) is 4.88. The fraction of sp³-hybridized carbons (Fsp3) is 0.375. The lowest BCUT2D eigenvalue weighted by Gasteiger charge is -2.07. The van der Waals surface area contributed by atoms with Gasteiger partial charge in [-0.1, -0.05) is 18.2 Å². The lowest BCUT2D eigenvalue weighted by molar-refractivity contribution is -0.116. The number of nitrogens with one attached hydrogen (secondary N) is 1. The lowest BCUT2D eigenvalue weighted by atomic mass is 9.95. The Hall–Kier alpha value is -1.05. The topological polar surface area (TPSA) is 29.1 Å². The number of carbonyl (C=O) groups excluding carboxylic acids is 1. The molecule has 1 N–H and O–H groups in total. The van der Waals surface area contributed by atoms with Crippen molar-refractivity contribution in [2.75, 3.05) is 6.54 Å². The summed E-state index contributed by atoms with van der Waals surface area (Å²) in [5.41, 5.74) is 0.961. The minimum absolute atomic E-state index is 0.120. The minimum Gasteiger partial charge on any atom is -0.352 e. The van der Waals surface area contributed by atoms with Gasteiger partial charge in [0.25, 0.3) is 0 Å². The van der Waals surface area contributed by atoms with E-state index < -0.39 is 0 Å². The molecule has 2 rings (SSSR count). The number of amides is 1. The molecule has 1 amide bonds. The highest BCUT2D eigenvalue weighted by Crippen LogP contribution is 2.23. The molecule has 1 saturated heterocycles. The summed E-state index contributed by atoms with van der Waals surface area (Å²) in [5.74, 6) is 0.576. The van der Waals surface area contributed by atoms with Crippen molar-refractivity contribution in [3.8, 4) is 0 Å². The summed E-state index contributed by atoms with van der Waals surface area (Å²) >= 11 is 0. The Balaban J connectivity index is 2.33. The van der Waals surface area contributed by atoms with Gasteiger partial charge in [0.2, 0.25) is 5.91 Å². The second kappa shape index (κ2) is 1.97. The zero-order chi connectivity index (χ0) is 6.97. The van der Waals surface area contributed by atoms with Crippen LogP contribution in [0.4, 0.5) is 0 Å². The summed E-state index contributed by atoms with van der Waals surface area (Å²) in [7, 11) is 0. The minimum atomic E-state index is 0.120. The largest absolute Gasteiger partial charge is 0.352 e. The number of hydrogen-bond donors (Lipinski definition) is 1. The maximum atomic E-state index is 11.0. The molecule has 0 saturated carbocycles. The van der Waals surface area contributed by atoms with E-state index in [-0.39, 0.29) is 5.91 Å². The third-order valence-electron chi connectivity index (χ3n) is 2.04. The van der Waals surface area contributed by atoms with Crippen molar-refractivity contribution in [1.29, 1.82) is 0 Å². The van der Waals surface area contributed by atoms with Gasteiger partial charge < -0.3 is 5.32 Å². The first kappa shape index (κ1) is 5.71. The van der Waals surface area contributed by atoms with Crippen LogP contribution in [-0.2, 0) is 4.79 Å². The molecule has 1 aliphatic heterocycles. The number of allylic oxidation sites excluding steroid dienone is 3. The third-order valence-corrected chi connectivity index (χ3v) is 2.04. The number of rotatable bonds is 0. The van der Waals surface area contributed by atoms with Crippen molar-refractivity contribution in [3.63, 3.8) is 0 Å². The molecular weight excluding hydrogens is 126 g/mol. The highest BCUT2D eigenvalue weighted by molar-refractivity contribution is 5.96. The second-order valence-corrected chi connectivity index (χ2v) is 2.69. The van der Waals surface area contributed by atoms with Crippen molar-refractivity contribution in [2.45, 2.75) is 6.42 Å². The fourth-order valence-electron chi connectivity index (χ4n) is 1.45. The average molecular weight is 135 g/mol. The summed E-state index contributed by atoms with van der Waals surface area (Å²) in [4.78, 5) is 11.0. The van der Waals surface area contributed by atoms with E-state index in [0.717, 1.165) is 18.5 Å². The predicted octanol–water partition coefficient (Wildman–Crippen LogP) is 0.619. The summed E-state index contributed by atoms with van der Waals surface area (Å²) < 4.78 is 0. The number of fused-ring (bicyclic) bond motifs is 1. The van der Waals surface area contributed by atoms with E-state index in [9.17, 15) is 4.79 Å². The van der Waals surface area contributed by atoms with Gasteiger partial charge in [0.15, 0.2) is 0 Å². The lowest BCUT2D eigenvalue weighted by Crippen LogP contribution is -2.14. The van der Waals surface area contributed by atoms with Crippen LogP contribution in [0.2, 0.25) is 0 Å². The zero-order valence-electron chi connectivity index (χ0n) is 5.63. The molecule has 0 spiro atoms.